The first-order valence-corrected chi connectivity index (χ1v) is 4.50. The Labute approximate surface area is 69.0 Å². The van der Waals surface area contributed by atoms with Crippen LogP contribution in [0.2, 0.25) is 0 Å². The number of hydrogen-bond acceptors (Lipinski definition) is 0. The molecule has 3 aliphatic carbocycles. The third-order valence-corrected chi connectivity index (χ3v) is 3.60. The van der Waals surface area contributed by atoms with Gasteiger partial charge >= 0.3 is 0 Å². The molecule has 1 saturated carbocycles. The maximum Gasteiger partial charge on any atom is -0.0103 e. The van der Waals surface area contributed by atoms with Crippen molar-refractivity contribution in [3.05, 3.63) is 23.8 Å². The van der Waals surface area contributed by atoms with Gasteiger partial charge in [0, 0.05) is 0 Å². The molecule has 0 radical (unpaired) electrons. The average molecular weight is 148 g/mol. The van der Waals surface area contributed by atoms with Crippen LogP contribution in [0.1, 0.15) is 27.2 Å². The maximum absolute atomic E-state index is 2.39. The predicted molar refractivity (Wildman–Crippen MR) is 48.3 cm³/mol. The standard InChI is InChI=1S/C11H16/c1-4-8-5-6-9-7-10(8)11(9,2)3/h4-6,9-10H,7H2,1-3H3/t9-,10-/m1/s1. The molecule has 0 heterocycles. The predicted octanol–water partition coefficient (Wildman–Crippen LogP) is 3.16. The van der Waals surface area contributed by atoms with E-state index in [1.165, 1.54) is 6.42 Å². The van der Waals surface area contributed by atoms with Gasteiger partial charge in [-0.15, -0.1) is 0 Å². The highest BCUT2D eigenvalue weighted by atomic mass is 14.5. The van der Waals surface area contributed by atoms with Crippen molar-refractivity contribution in [2.24, 2.45) is 17.3 Å². The number of fused-ring (bicyclic) bond motifs is 1. The average Bonchev–Trinajstić information content (AvgIpc) is 2.04. The van der Waals surface area contributed by atoms with E-state index in [0.29, 0.717) is 5.41 Å². The summed E-state index contributed by atoms with van der Waals surface area (Å²) in [5.41, 5.74) is 2.11. The van der Waals surface area contributed by atoms with Crippen LogP contribution in [0.5, 0.6) is 0 Å². The Morgan fingerprint density at radius 3 is 2.64 bits per heavy atom. The lowest BCUT2D eigenvalue weighted by atomic mass is 9.50. The van der Waals surface area contributed by atoms with Crippen molar-refractivity contribution >= 4 is 0 Å². The van der Waals surface area contributed by atoms with Gasteiger partial charge in [0.05, 0.1) is 0 Å². The SMILES string of the molecule is CC=C1C=C[C@@H]2C[C@H]1C2(C)C. The van der Waals surface area contributed by atoms with Crippen LogP contribution >= 0.6 is 0 Å². The Morgan fingerprint density at radius 2 is 2.27 bits per heavy atom. The minimum absolute atomic E-state index is 0.552. The van der Waals surface area contributed by atoms with Crippen molar-refractivity contribution in [3.63, 3.8) is 0 Å². The van der Waals surface area contributed by atoms with E-state index in [9.17, 15) is 0 Å². The molecule has 3 rings (SSSR count). The molecule has 60 valence electrons. The monoisotopic (exact) mass is 148 g/mol. The van der Waals surface area contributed by atoms with E-state index in [0.717, 1.165) is 11.8 Å². The highest BCUT2D eigenvalue weighted by Gasteiger charge is 2.49. The summed E-state index contributed by atoms with van der Waals surface area (Å²) in [6.45, 7) is 6.92. The van der Waals surface area contributed by atoms with Gasteiger partial charge in [-0.1, -0.05) is 32.1 Å². The van der Waals surface area contributed by atoms with Gasteiger partial charge in [-0.05, 0) is 36.2 Å². The normalized spacial score (nSPS) is 42.3. The molecule has 2 atom stereocenters. The van der Waals surface area contributed by atoms with Gasteiger partial charge in [0.1, 0.15) is 0 Å². The third kappa shape index (κ3) is 0.756. The molecule has 0 aromatic heterocycles. The van der Waals surface area contributed by atoms with Crippen LogP contribution in [0.3, 0.4) is 0 Å². The molecule has 1 fully saturated rings. The summed E-state index contributed by atoms with van der Waals surface area (Å²) in [7, 11) is 0. The van der Waals surface area contributed by atoms with E-state index in [2.05, 4.69) is 39.0 Å². The second-order valence-corrected chi connectivity index (χ2v) is 4.36. The first-order valence-electron chi connectivity index (χ1n) is 4.50. The Hall–Kier alpha value is -0.520. The topological polar surface area (TPSA) is 0 Å². The van der Waals surface area contributed by atoms with Gasteiger partial charge in [0.2, 0.25) is 0 Å². The molecule has 0 nitrogen and oxygen atoms in total. The molecule has 0 heteroatoms. The molecular formula is C11H16. The molecule has 0 unspecified atom stereocenters. The van der Waals surface area contributed by atoms with Crippen LogP contribution in [-0.4, -0.2) is 0 Å². The highest BCUT2D eigenvalue weighted by Crippen LogP contribution is 2.58. The first-order chi connectivity index (χ1) is 5.16. The fourth-order valence-corrected chi connectivity index (χ4v) is 2.49. The summed E-state index contributed by atoms with van der Waals surface area (Å²) in [5.74, 6) is 1.71. The van der Waals surface area contributed by atoms with Crippen LogP contribution in [0.15, 0.2) is 23.8 Å². The zero-order chi connectivity index (χ0) is 8.06. The Balaban J connectivity index is 2.36. The third-order valence-electron chi connectivity index (χ3n) is 3.60. The Bertz CT molecular complexity index is 230. The summed E-state index contributed by atoms with van der Waals surface area (Å²) in [5, 5.41) is 0. The van der Waals surface area contributed by atoms with Crippen LogP contribution in [0, 0.1) is 17.3 Å². The highest BCUT2D eigenvalue weighted by molar-refractivity contribution is 5.34. The lowest BCUT2D eigenvalue weighted by molar-refractivity contribution is 0.0330. The summed E-state index contributed by atoms with van der Waals surface area (Å²) in [4.78, 5) is 0. The Morgan fingerprint density at radius 1 is 1.55 bits per heavy atom. The molecular weight excluding hydrogens is 132 g/mol. The molecule has 0 N–H and O–H groups in total. The molecule has 0 aromatic carbocycles. The quantitative estimate of drug-likeness (QED) is 0.495. The molecule has 0 aromatic rings. The molecule has 2 bridgehead atoms. The minimum atomic E-state index is 0.552. The molecule has 11 heavy (non-hydrogen) atoms. The van der Waals surface area contributed by atoms with Crippen molar-refractivity contribution in [2.75, 3.05) is 0 Å². The second kappa shape index (κ2) is 2.00. The summed E-state index contributed by atoms with van der Waals surface area (Å²) in [6, 6.07) is 0. The van der Waals surface area contributed by atoms with Crippen molar-refractivity contribution < 1.29 is 0 Å². The van der Waals surface area contributed by atoms with Gasteiger partial charge in [-0.3, -0.25) is 0 Å². The fraction of sp³-hybridized carbons (Fsp3) is 0.636. The summed E-state index contributed by atoms with van der Waals surface area (Å²) >= 11 is 0. The smallest absolute Gasteiger partial charge is 0.0103 e. The van der Waals surface area contributed by atoms with E-state index in [4.69, 9.17) is 0 Å². The minimum Gasteiger partial charge on any atom is -0.0841 e. The van der Waals surface area contributed by atoms with Crippen LogP contribution in [-0.2, 0) is 0 Å². The number of rotatable bonds is 0. The van der Waals surface area contributed by atoms with Gasteiger partial charge in [0.25, 0.3) is 0 Å². The summed E-state index contributed by atoms with van der Waals surface area (Å²) < 4.78 is 0. The largest absolute Gasteiger partial charge is 0.0841 e. The number of hydrogen-bond donors (Lipinski definition) is 0. The molecule has 0 aliphatic heterocycles. The van der Waals surface area contributed by atoms with E-state index in [1.807, 2.05) is 0 Å². The lowest BCUT2D eigenvalue weighted by Crippen LogP contribution is -2.46. The van der Waals surface area contributed by atoms with Crippen molar-refractivity contribution in [2.45, 2.75) is 27.2 Å². The molecule has 0 saturated heterocycles. The van der Waals surface area contributed by atoms with Crippen molar-refractivity contribution in [1.82, 2.24) is 0 Å². The number of allylic oxidation sites excluding steroid dienone is 4. The van der Waals surface area contributed by atoms with Crippen molar-refractivity contribution in [1.29, 1.82) is 0 Å². The van der Waals surface area contributed by atoms with Crippen molar-refractivity contribution in [3.8, 4) is 0 Å². The van der Waals surface area contributed by atoms with Gasteiger partial charge < -0.3 is 0 Å². The Kier molecular flexibility index (Phi) is 1.30. The van der Waals surface area contributed by atoms with E-state index in [-0.39, 0.29) is 0 Å². The second-order valence-electron chi connectivity index (χ2n) is 4.36. The van der Waals surface area contributed by atoms with Gasteiger partial charge in [0.15, 0.2) is 0 Å². The van der Waals surface area contributed by atoms with E-state index in [1.54, 1.807) is 5.57 Å². The zero-order valence-electron chi connectivity index (χ0n) is 7.59. The maximum atomic E-state index is 2.39. The lowest BCUT2D eigenvalue weighted by Gasteiger charge is -2.54. The van der Waals surface area contributed by atoms with E-state index < -0.39 is 0 Å². The van der Waals surface area contributed by atoms with E-state index >= 15 is 0 Å². The van der Waals surface area contributed by atoms with Crippen LogP contribution in [0.4, 0.5) is 0 Å². The summed E-state index contributed by atoms with van der Waals surface area (Å²) in [6.07, 6.45) is 8.35. The zero-order valence-corrected chi connectivity index (χ0v) is 7.59. The molecule has 0 spiro atoms. The molecule has 0 amide bonds. The van der Waals surface area contributed by atoms with Crippen LogP contribution < -0.4 is 0 Å². The first kappa shape index (κ1) is 7.15. The van der Waals surface area contributed by atoms with Crippen LogP contribution in [0.25, 0.3) is 0 Å². The van der Waals surface area contributed by atoms with Gasteiger partial charge in [-0.25, -0.2) is 0 Å². The van der Waals surface area contributed by atoms with Gasteiger partial charge in [-0.2, -0.15) is 0 Å². The fourth-order valence-electron chi connectivity index (χ4n) is 2.49. The molecule has 3 aliphatic rings.